The number of rotatable bonds is 4. The van der Waals surface area contributed by atoms with Crippen molar-refractivity contribution in [2.24, 2.45) is 0 Å². The van der Waals surface area contributed by atoms with Gasteiger partial charge in [0.15, 0.2) is 0 Å². The topological polar surface area (TPSA) is 49.4 Å². The molecule has 0 saturated carbocycles. The average Bonchev–Trinajstić information content (AvgIpc) is 2.16. The molecule has 5 heteroatoms. The van der Waals surface area contributed by atoms with E-state index >= 15 is 0 Å². The highest BCUT2D eigenvalue weighted by molar-refractivity contribution is 7.87. The molecule has 90 valence electrons. The molecule has 0 fully saturated rings. The van der Waals surface area contributed by atoms with Crippen LogP contribution in [0.2, 0.25) is 0 Å². The summed E-state index contributed by atoms with van der Waals surface area (Å²) in [5.41, 5.74) is 3.27. The summed E-state index contributed by atoms with van der Waals surface area (Å²) >= 11 is 0. The Balaban J connectivity index is 2.76. The van der Waals surface area contributed by atoms with Gasteiger partial charge in [0.2, 0.25) is 0 Å². The molecule has 0 amide bonds. The van der Waals surface area contributed by atoms with Crippen LogP contribution in [-0.4, -0.2) is 26.8 Å². The molecule has 0 spiro atoms. The van der Waals surface area contributed by atoms with Crippen molar-refractivity contribution < 1.29 is 8.42 Å². The number of aryl methyl sites for hydroxylation is 2. The number of nitrogens with one attached hydrogen (secondary N) is 1. The van der Waals surface area contributed by atoms with Crippen molar-refractivity contribution in [2.45, 2.75) is 20.4 Å². The van der Waals surface area contributed by atoms with Gasteiger partial charge in [0.25, 0.3) is 10.2 Å². The predicted octanol–water partition coefficient (Wildman–Crippen LogP) is 1.20. The fourth-order valence-electron chi connectivity index (χ4n) is 1.34. The van der Waals surface area contributed by atoms with Crippen molar-refractivity contribution in [3.05, 3.63) is 34.9 Å². The molecule has 0 aliphatic carbocycles. The molecule has 0 heterocycles. The molecule has 0 radical (unpaired) electrons. The Kier molecular flexibility index (Phi) is 4.07. The van der Waals surface area contributed by atoms with Gasteiger partial charge in [0, 0.05) is 20.6 Å². The van der Waals surface area contributed by atoms with E-state index in [-0.39, 0.29) is 0 Å². The van der Waals surface area contributed by atoms with Crippen LogP contribution in [0.1, 0.15) is 16.7 Å². The summed E-state index contributed by atoms with van der Waals surface area (Å²) in [4.78, 5) is 0. The van der Waals surface area contributed by atoms with Gasteiger partial charge < -0.3 is 0 Å². The zero-order chi connectivity index (χ0) is 12.3. The normalized spacial score (nSPS) is 12.1. The second-order valence-electron chi connectivity index (χ2n) is 4.04. The SMILES string of the molecule is Cc1ccc(CNS(=O)(=O)N(C)C)c(C)c1. The molecule has 1 rings (SSSR count). The molecule has 1 aromatic rings. The van der Waals surface area contributed by atoms with E-state index in [2.05, 4.69) is 4.72 Å². The quantitative estimate of drug-likeness (QED) is 0.862. The van der Waals surface area contributed by atoms with Crippen LogP contribution in [0.3, 0.4) is 0 Å². The molecule has 0 saturated heterocycles. The summed E-state index contributed by atoms with van der Waals surface area (Å²) in [5.74, 6) is 0. The molecule has 1 N–H and O–H groups in total. The maximum atomic E-state index is 11.5. The van der Waals surface area contributed by atoms with Crippen molar-refractivity contribution in [2.75, 3.05) is 14.1 Å². The van der Waals surface area contributed by atoms with E-state index in [4.69, 9.17) is 0 Å². The summed E-state index contributed by atoms with van der Waals surface area (Å²) in [7, 11) is -0.331. The maximum Gasteiger partial charge on any atom is 0.279 e. The number of hydrogen-bond acceptors (Lipinski definition) is 2. The summed E-state index contributed by atoms with van der Waals surface area (Å²) < 4.78 is 26.7. The first-order valence-electron chi connectivity index (χ1n) is 5.06. The highest BCUT2D eigenvalue weighted by Crippen LogP contribution is 2.10. The zero-order valence-electron chi connectivity index (χ0n) is 10.1. The number of hydrogen-bond donors (Lipinski definition) is 1. The van der Waals surface area contributed by atoms with E-state index in [0.717, 1.165) is 15.4 Å². The smallest absolute Gasteiger partial charge is 0.198 e. The maximum absolute atomic E-state index is 11.5. The average molecular weight is 242 g/mol. The van der Waals surface area contributed by atoms with Crippen LogP contribution >= 0.6 is 0 Å². The lowest BCUT2D eigenvalue weighted by atomic mass is 10.1. The van der Waals surface area contributed by atoms with Gasteiger partial charge in [-0.15, -0.1) is 0 Å². The lowest BCUT2D eigenvalue weighted by Crippen LogP contribution is -2.35. The zero-order valence-corrected chi connectivity index (χ0v) is 10.9. The third kappa shape index (κ3) is 3.30. The van der Waals surface area contributed by atoms with E-state index in [1.807, 2.05) is 32.0 Å². The van der Waals surface area contributed by atoms with Gasteiger partial charge in [-0.05, 0) is 25.0 Å². The molecule has 4 nitrogen and oxygen atoms in total. The van der Waals surface area contributed by atoms with Gasteiger partial charge in [0.05, 0.1) is 0 Å². The molecule has 0 bridgehead atoms. The fourth-order valence-corrected chi connectivity index (χ4v) is 1.94. The molecule has 1 aromatic carbocycles. The van der Waals surface area contributed by atoms with Gasteiger partial charge in [-0.2, -0.15) is 17.4 Å². The van der Waals surface area contributed by atoms with Crippen molar-refractivity contribution in [3.8, 4) is 0 Å². The molecule has 0 aromatic heterocycles. The Hall–Kier alpha value is -0.910. The molecule has 0 aliphatic heterocycles. The van der Waals surface area contributed by atoms with Gasteiger partial charge in [-0.1, -0.05) is 23.8 Å². The fraction of sp³-hybridized carbons (Fsp3) is 0.455. The van der Waals surface area contributed by atoms with E-state index in [9.17, 15) is 8.42 Å². The van der Waals surface area contributed by atoms with Crippen molar-refractivity contribution >= 4 is 10.2 Å². The minimum atomic E-state index is -3.34. The van der Waals surface area contributed by atoms with Crippen LogP contribution in [0.4, 0.5) is 0 Å². The second-order valence-corrected chi connectivity index (χ2v) is 6.01. The Morgan fingerprint density at radius 2 is 1.88 bits per heavy atom. The van der Waals surface area contributed by atoms with Crippen molar-refractivity contribution in [3.63, 3.8) is 0 Å². The monoisotopic (exact) mass is 242 g/mol. The van der Waals surface area contributed by atoms with Crippen LogP contribution in [-0.2, 0) is 16.8 Å². The first-order chi connectivity index (χ1) is 7.33. The van der Waals surface area contributed by atoms with Gasteiger partial charge in [-0.3, -0.25) is 0 Å². The summed E-state index contributed by atoms with van der Waals surface area (Å²) in [6, 6.07) is 5.97. The van der Waals surface area contributed by atoms with E-state index in [1.165, 1.54) is 19.7 Å². The minimum Gasteiger partial charge on any atom is -0.198 e. The van der Waals surface area contributed by atoms with Crippen LogP contribution < -0.4 is 4.72 Å². The molecular weight excluding hydrogens is 224 g/mol. The van der Waals surface area contributed by atoms with Crippen molar-refractivity contribution in [1.29, 1.82) is 0 Å². The highest BCUT2D eigenvalue weighted by Gasteiger charge is 2.12. The summed E-state index contributed by atoms with van der Waals surface area (Å²) in [6.07, 6.45) is 0. The third-order valence-corrected chi connectivity index (χ3v) is 3.89. The Bertz CT molecular complexity index is 467. The first kappa shape index (κ1) is 13.2. The van der Waals surface area contributed by atoms with E-state index in [0.29, 0.717) is 6.54 Å². The Morgan fingerprint density at radius 1 is 1.25 bits per heavy atom. The van der Waals surface area contributed by atoms with Crippen molar-refractivity contribution in [1.82, 2.24) is 9.03 Å². The molecule has 16 heavy (non-hydrogen) atoms. The summed E-state index contributed by atoms with van der Waals surface area (Å²) in [6.45, 7) is 4.32. The van der Waals surface area contributed by atoms with Gasteiger partial charge >= 0.3 is 0 Å². The standard InChI is InChI=1S/C11H18N2O2S/c1-9-5-6-11(10(2)7-9)8-12-16(14,15)13(3)4/h5-7,12H,8H2,1-4H3. The minimum absolute atomic E-state index is 0.326. The number of nitrogens with zero attached hydrogens (tertiary/aromatic N) is 1. The van der Waals surface area contributed by atoms with E-state index in [1.54, 1.807) is 0 Å². The van der Waals surface area contributed by atoms with Gasteiger partial charge in [0.1, 0.15) is 0 Å². The number of benzene rings is 1. The third-order valence-electron chi connectivity index (χ3n) is 2.42. The molecular formula is C11H18N2O2S. The second kappa shape index (κ2) is 4.95. The lowest BCUT2D eigenvalue weighted by molar-refractivity contribution is 0.505. The first-order valence-corrected chi connectivity index (χ1v) is 6.50. The Labute approximate surface area is 97.5 Å². The van der Waals surface area contributed by atoms with Crippen LogP contribution in [0.15, 0.2) is 18.2 Å². The highest BCUT2D eigenvalue weighted by atomic mass is 32.2. The lowest BCUT2D eigenvalue weighted by Gasteiger charge is -2.13. The van der Waals surface area contributed by atoms with Crippen LogP contribution in [0.5, 0.6) is 0 Å². The van der Waals surface area contributed by atoms with Crippen LogP contribution in [0, 0.1) is 13.8 Å². The largest absolute Gasteiger partial charge is 0.279 e. The molecule has 0 unspecified atom stereocenters. The van der Waals surface area contributed by atoms with E-state index < -0.39 is 10.2 Å². The molecule has 0 atom stereocenters. The van der Waals surface area contributed by atoms with Gasteiger partial charge in [-0.25, -0.2) is 0 Å². The van der Waals surface area contributed by atoms with Crippen LogP contribution in [0.25, 0.3) is 0 Å². The Morgan fingerprint density at radius 3 is 2.38 bits per heavy atom. The predicted molar refractivity (Wildman–Crippen MR) is 65.4 cm³/mol. The molecule has 0 aliphatic rings. The summed E-state index contributed by atoms with van der Waals surface area (Å²) in [5, 5.41) is 0.